The summed E-state index contributed by atoms with van der Waals surface area (Å²) < 4.78 is 16.8. The van der Waals surface area contributed by atoms with Gasteiger partial charge in [0, 0.05) is 19.3 Å². The van der Waals surface area contributed by atoms with Gasteiger partial charge in [-0.15, -0.1) is 0 Å². The summed E-state index contributed by atoms with van der Waals surface area (Å²) in [6, 6.07) is 0. The van der Waals surface area contributed by atoms with E-state index in [1.165, 1.54) is 116 Å². The Morgan fingerprint density at radius 3 is 0.900 bits per heavy atom. The lowest BCUT2D eigenvalue weighted by molar-refractivity contribution is -0.167. The van der Waals surface area contributed by atoms with Crippen molar-refractivity contribution in [3.63, 3.8) is 0 Å². The fraction of sp³-hybridized carbons (Fsp3) is 0.703. The molecule has 0 saturated carbocycles. The molecular weight excluding hydrogens is 865 g/mol. The molecule has 0 aromatic carbocycles. The van der Waals surface area contributed by atoms with Crippen LogP contribution in [0.2, 0.25) is 0 Å². The molecule has 6 heteroatoms. The van der Waals surface area contributed by atoms with Crippen LogP contribution in [0.3, 0.4) is 0 Å². The Kier molecular flexibility index (Phi) is 54.9. The molecule has 0 aliphatic heterocycles. The Hall–Kier alpha value is -3.67. The van der Waals surface area contributed by atoms with E-state index in [2.05, 4.69) is 118 Å². The van der Waals surface area contributed by atoms with Crippen molar-refractivity contribution >= 4 is 17.9 Å². The van der Waals surface area contributed by atoms with Gasteiger partial charge < -0.3 is 14.2 Å². The first kappa shape index (κ1) is 66.3. The zero-order valence-corrected chi connectivity index (χ0v) is 45.8. The Bertz CT molecular complexity index is 1400. The van der Waals surface area contributed by atoms with E-state index in [0.717, 1.165) is 116 Å². The normalized spacial score (nSPS) is 12.8. The Labute approximate surface area is 432 Å². The second kappa shape index (κ2) is 57.9. The molecule has 0 rings (SSSR count). The third-order valence-electron chi connectivity index (χ3n) is 12.3. The van der Waals surface area contributed by atoms with Crippen molar-refractivity contribution in [2.45, 2.75) is 277 Å². The van der Waals surface area contributed by atoms with Crippen LogP contribution >= 0.6 is 0 Å². The topological polar surface area (TPSA) is 78.9 Å². The van der Waals surface area contributed by atoms with Crippen LogP contribution in [0.1, 0.15) is 271 Å². The average molecular weight is 974 g/mol. The molecule has 0 bridgehead atoms. The number of carbonyl (C=O) groups is 3. The summed E-state index contributed by atoms with van der Waals surface area (Å²) in [6.07, 6.45) is 76.9. The summed E-state index contributed by atoms with van der Waals surface area (Å²) in [5.41, 5.74) is 0. The SMILES string of the molecule is CC/C=C\C/C=C\C/C=C\C/C=C\CCCCCCCCCCC(=O)OCC(COC(=O)CCCC/C=C\C/C=C\C/C=C\C/C=C\CC)OC(=O)CCCCCCCCCCCCCCCCCC. The van der Waals surface area contributed by atoms with Crippen LogP contribution in [0.4, 0.5) is 0 Å². The first-order chi connectivity index (χ1) is 34.5. The molecule has 0 heterocycles. The van der Waals surface area contributed by atoms with Crippen molar-refractivity contribution in [1.29, 1.82) is 0 Å². The van der Waals surface area contributed by atoms with Crippen LogP contribution in [0, 0.1) is 0 Å². The minimum atomic E-state index is -0.797. The van der Waals surface area contributed by atoms with Crippen molar-refractivity contribution in [2.75, 3.05) is 13.2 Å². The van der Waals surface area contributed by atoms with Gasteiger partial charge in [0.25, 0.3) is 0 Å². The lowest BCUT2D eigenvalue weighted by atomic mass is 10.0. The van der Waals surface area contributed by atoms with Crippen molar-refractivity contribution in [2.24, 2.45) is 0 Å². The summed E-state index contributed by atoms with van der Waals surface area (Å²) in [7, 11) is 0. The van der Waals surface area contributed by atoms with Crippen LogP contribution in [0.25, 0.3) is 0 Å². The van der Waals surface area contributed by atoms with Crippen molar-refractivity contribution in [3.8, 4) is 0 Å². The molecule has 0 amide bonds. The molecule has 6 nitrogen and oxygen atoms in total. The minimum absolute atomic E-state index is 0.0937. The predicted octanol–water partition coefficient (Wildman–Crippen LogP) is 19.7. The summed E-state index contributed by atoms with van der Waals surface area (Å²) >= 11 is 0. The van der Waals surface area contributed by atoms with E-state index in [1.54, 1.807) is 0 Å². The van der Waals surface area contributed by atoms with Gasteiger partial charge in [-0.05, 0) is 96.3 Å². The van der Waals surface area contributed by atoms with E-state index >= 15 is 0 Å². The van der Waals surface area contributed by atoms with E-state index < -0.39 is 6.10 Å². The van der Waals surface area contributed by atoms with Gasteiger partial charge in [0.1, 0.15) is 13.2 Å². The molecule has 1 unspecified atom stereocenters. The van der Waals surface area contributed by atoms with Gasteiger partial charge in [-0.2, -0.15) is 0 Å². The highest BCUT2D eigenvalue weighted by Gasteiger charge is 2.19. The van der Waals surface area contributed by atoms with Crippen LogP contribution in [0.5, 0.6) is 0 Å². The largest absolute Gasteiger partial charge is 0.462 e. The quantitative estimate of drug-likeness (QED) is 0.0262. The number of unbranched alkanes of at least 4 members (excludes halogenated alkanes) is 25. The summed E-state index contributed by atoms with van der Waals surface area (Å²) in [4.78, 5) is 38.2. The van der Waals surface area contributed by atoms with Crippen LogP contribution < -0.4 is 0 Å². The maximum atomic E-state index is 12.9. The Balaban J connectivity index is 4.42. The number of carbonyl (C=O) groups excluding carboxylic acids is 3. The number of rotatable bonds is 52. The van der Waals surface area contributed by atoms with E-state index in [9.17, 15) is 14.4 Å². The molecule has 70 heavy (non-hydrogen) atoms. The lowest BCUT2D eigenvalue weighted by Crippen LogP contribution is -2.30. The number of ether oxygens (including phenoxy) is 3. The molecule has 0 aromatic rings. The standard InChI is InChI=1S/C64H108O6/c1-4-7-10-13-16-19-22-25-28-30-31-32-33-34-37-39-42-45-48-51-54-57-63(66)69-60-61(59-68-62(65)56-53-50-47-44-41-38-35-27-24-21-18-15-12-9-6-3)70-64(67)58-55-52-49-46-43-40-36-29-26-23-20-17-14-11-8-5-2/h7,9-10,12,16,18-19,21,25,27-28,31-32,35,41,44,61H,4-6,8,11,13-15,17,20,22-24,26,29-30,33-34,36-40,42-43,45-60H2,1-3H3/b10-7-,12-9-,19-16-,21-18-,28-25-,32-31-,35-27-,44-41-. The highest BCUT2D eigenvalue weighted by Crippen LogP contribution is 2.16. The molecular formula is C64H108O6. The first-order valence-corrected chi connectivity index (χ1v) is 29.2. The molecule has 0 spiro atoms. The second-order valence-electron chi connectivity index (χ2n) is 19.1. The van der Waals surface area contributed by atoms with Gasteiger partial charge >= 0.3 is 17.9 Å². The fourth-order valence-corrected chi connectivity index (χ4v) is 8.01. The monoisotopic (exact) mass is 973 g/mol. The van der Waals surface area contributed by atoms with Gasteiger partial charge in [0.05, 0.1) is 0 Å². The van der Waals surface area contributed by atoms with E-state index in [4.69, 9.17) is 14.2 Å². The maximum absolute atomic E-state index is 12.9. The van der Waals surface area contributed by atoms with E-state index in [-0.39, 0.29) is 31.1 Å². The molecule has 1 atom stereocenters. The van der Waals surface area contributed by atoms with Crippen LogP contribution in [0.15, 0.2) is 97.2 Å². The lowest BCUT2D eigenvalue weighted by Gasteiger charge is -2.18. The third kappa shape index (κ3) is 55.3. The van der Waals surface area contributed by atoms with Gasteiger partial charge in [0.2, 0.25) is 0 Å². The zero-order valence-electron chi connectivity index (χ0n) is 45.8. The van der Waals surface area contributed by atoms with Crippen LogP contribution in [-0.2, 0) is 28.6 Å². The van der Waals surface area contributed by atoms with Gasteiger partial charge in [-0.25, -0.2) is 0 Å². The number of allylic oxidation sites excluding steroid dienone is 16. The highest BCUT2D eigenvalue weighted by molar-refractivity contribution is 5.71. The zero-order chi connectivity index (χ0) is 50.7. The molecule has 0 fully saturated rings. The predicted molar refractivity (Wildman–Crippen MR) is 302 cm³/mol. The number of hydrogen-bond donors (Lipinski definition) is 0. The number of hydrogen-bond acceptors (Lipinski definition) is 6. The molecule has 0 aliphatic carbocycles. The third-order valence-corrected chi connectivity index (χ3v) is 12.3. The minimum Gasteiger partial charge on any atom is -0.462 e. The Morgan fingerprint density at radius 2 is 0.557 bits per heavy atom. The molecule has 0 aliphatic rings. The van der Waals surface area contributed by atoms with Gasteiger partial charge in [-0.1, -0.05) is 253 Å². The summed E-state index contributed by atoms with van der Waals surface area (Å²) in [5, 5.41) is 0. The molecule has 400 valence electrons. The molecule has 0 saturated heterocycles. The molecule has 0 N–H and O–H groups in total. The maximum Gasteiger partial charge on any atom is 0.306 e. The smallest absolute Gasteiger partial charge is 0.306 e. The van der Waals surface area contributed by atoms with Crippen molar-refractivity contribution in [1.82, 2.24) is 0 Å². The van der Waals surface area contributed by atoms with E-state index in [1.807, 2.05) is 0 Å². The molecule has 0 radical (unpaired) electrons. The molecule has 0 aromatic heterocycles. The fourth-order valence-electron chi connectivity index (χ4n) is 8.01. The first-order valence-electron chi connectivity index (χ1n) is 29.2. The van der Waals surface area contributed by atoms with Gasteiger partial charge in [-0.3, -0.25) is 14.4 Å². The van der Waals surface area contributed by atoms with E-state index in [0.29, 0.717) is 19.3 Å². The Morgan fingerprint density at radius 1 is 0.300 bits per heavy atom. The summed E-state index contributed by atoms with van der Waals surface area (Å²) in [6.45, 7) is 6.39. The highest BCUT2D eigenvalue weighted by atomic mass is 16.6. The van der Waals surface area contributed by atoms with Crippen LogP contribution in [-0.4, -0.2) is 37.2 Å². The summed E-state index contributed by atoms with van der Waals surface area (Å²) in [5.74, 6) is -0.937. The average Bonchev–Trinajstić information content (AvgIpc) is 3.36. The number of esters is 3. The van der Waals surface area contributed by atoms with Crippen molar-refractivity contribution < 1.29 is 28.6 Å². The van der Waals surface area contributed by atoms with Crippen molar-refractivity contribution in [3.05, 3.63) is 97.2 Å². The second-order valence-corrected chi connectivity index (χ2v) is 19.1. The van der Waals surface area contributed by atoms with Gasteiger partial charge in [0.15, 0.2) is 6.10 Å².